The van der Waals surface area contributed by atoms with Gasteiger partial charge in [-0.15, -0.1) is 0 Å². The topological polar surface area (TPSA) is 76.4 Å². The molecule has 2 amide bonds. The van der Waals surface area contributed by atoms with Crippen LogP contribution in [0.1, 0.15) is 19.3 Å². The molecular weight excluding hydrogens is 230 g/mol. The van der Waals surface area contributed by atoms with Gasteiger partial charge in [-0.2, -0.15) is 0 Å². The molecule has 1 heterocycles. The standard InChI is InChI=1S/C13H19N3O2/c14-10-4-3-5-11(8-10)16-13(17)15-9-12-6-1-2-7-18-12/h3-5,8,12H,1-2,6-7,9,14H2,(H2,15,16,17). The lowest BCUT2D eigenvalue weighted by molar-refractivity contribution is 0.0187. The molecule has 0 bridgehead atoms. The molecule has 0 spiro atoms. The third kappa shape index (κ3) is 3.92. The lowest BCUT2D eigenvalue weighted by atomic mass is 10.1. The molecule has 1 fully saturated rings. The van der Waals surface area contributed by atoms with Gasteiger partial charge >= 0.3 is 6.03 Å². The van der Waals surface area contributed by atoms with E-state index >= 15 is 0 Å². The Labute approximate surface area is 107 Å². The average molecular weight is 249 g/mol. The predicted molar refractivity (Wildman–Crippen MR) is 71.5 cm³/mol. The van der Waals surface area contributed by atoms with Crippen molar-refractivity contribution in [1.29, 1.82) is 0 Å². The first-order chi connectivity index (χ1) is 8.74. The number of urea groups is 1. The fraction of sp³-hybridized carbons (Fsp3) is 0.462. The number of hydrogen-bond acceptors (Lipinski definition) is 3. The van der Waals surface area contributed by atoms with Gasteiger partial charge in [0.25, 0.3) is 0 Å². The van der Waals surface area contributed by atoms with E-state index in [2.05, 4.69) is 10.6 Å². The normalized spacial score (nSPS) is 19.2. The first-order valence-electron chi connectivity index (χ1n) is 6.26. The molecule has 1 aliphatic heterocycles. The van der Waals surface area contributed by atoms with Crippen molar-refractivity contribution in [3.05, 3.63) is 24.3 Å². The number of hydrogen-bond donors (Lipinski definition) is 3. The summed E-state index contributed by atoms with van der Waals surface area (Å²) in [6.07, 6.45) is 3.44. The number of benzene rings is 1. The second-order valence-corrected chi connectivity index (χ2v) is 4.45. The van der Waals surface area contributed by atoms with E-state index < -0.39 is 0 Å². The third-order valence-corrected chi connectivity index (χ3v) is 2.91. The number of carbonyl (C=O) groups is 1. The third-order valence-electron chi connectivity index (χ3n) is 2.91. The lowest BCUT2D eigenvalue weighted by Crippen LogP contribution is -2.37. The summed E-state index contributed by atoms with van der Waals surface area (Å²) < 4.78 is 5.54. The second-order valence-electron chi connectivity index (χ2n) is 4.45. The summed E-state index contributed by atoms with van der Waals surface area (Å²) in [7, 11) is 0. The predicted octanol–water partition coefficient (Wildman–Crippen LogP) is 1.96. The number of nitrogen functional groups attached to an aromatic ring is 1. The first-order valence-corrected chi connectivity index (χ1v) is 6.26. The number of nitrogens with two attached hydrogens (primary N) is 1. The van der Waals surface area contributed by atoms with Crippen LogP contribution in [0.5, 0.6) is 0 Å². The number of nitrogens with one attached hydrogen (secondary N) is 2. The van der Waals surface area contributed by atoms with Crippen LogP contribution < -0.4 is 16.4 Å². The Hall–Kier alpha value is -1.75. The van der Waals surface area contributed by atoms with Crippen molar-refractivity contribution >= 4 is 17.4 Å². The van der Waals surface area contributed by atoms with Gasteiger partial charge in [-0.3, -0.25) is 0 Å². The van der Waals surface area contributed by atoms with Crippen molar-refractivity contribution in [2.24, 2.45) is 0 Å². The molecule has 1 aromatic carbocycles. The maximum absolute atomic E-state index is 11.6. The van der Waals surface area contributed by atoms with E-state index in [1.807, 2.05) is 0 Å². The monoisotopic (exact) mass is 249 g/mol. The van der Waals surface area contributed by atoms with Crippen LogP contribution in [0.15, 0.2) is 24.3 Å². The first kappa shape index (κ1) is 12.7. The highest BCUT2D eigenvalue weighted by atomic mass is 16.5. The Kier molecular flexibility index (Phi) is 4.41. The molecule has 18 heavy (non-hydrogen) atoms. The summed E-state index contributed by atoms with van der Waals surface area (Å²) in [6, 6.07) is 6.87. The maximum atomic E-state index is 11.6. The highest BCUT2D eigenvalue weighted by Crippen LogP contribution is 2.13. The van der Waals surface area contributed by atoms with Crippen LogP contribution in [-0.4, -0.2) is 25.3 Å². The number of anilines is 2. The number of ether oxygens (including phenoxy) is 1. The van der Waals surface area contributed by atoms with Crippen LogP contribution >= 0.6 is 0 Å². The quantitative estimate of drug-likeness (QED) is 0.717. The van der Waals surface area contributed by atoms with Gasteiger partial charge in [0.05, 0.1) is 6.10 Å². The lowest BCUT2D eigenvalue weighted by Gasteiger charge is -2.22. The van der Waals surface area contributed by atoms with Gasteiger partial charge in [0.1, 0.15) is 0 Å². The van der Waals surface area contributed by atoms with E-state index in [9.17, 15) is 4.79 Å². The largest absolute Gasteiger partial charge is 0.399 e. The molecule has 0 aromatic heterocycles. The smallest absolute Gasteiger partial charge is 0.319 e. The van der Waals surface area contributed by atoms with Gasteiger partial charge in [0.2, 0.25) is 0 Å². The van der Waals surface area contributed by atoms with Gasteiger partial charge in [-0.1, -0.05) is 6.07 Å². The minimum Gasteiger partial charge on any atom is -0.399 e. The van der Waals surface area contributed by atoms with E-state index in [-0.39, 0.29) is 12.1 Å². The summed E-state index contributed by atoms with van der Waals surface area (Å²) in [6.45, 7) is 1.34. The van der Waals surface area contributed by atoms with Crippen LogP contribution in [0.4, 0.5) is 16.2 Å². The molecule has 98 valence electrons. The van der Waals surface area contributed by atoms with Gasteiger partial charge in [-0.25, -0.2) is 4.79 Å². The van der Waals surface area contributed by atoms with Gasteiger partial charge in [-0.05, 0) is 37.5 Å². The van der Waals surface area contributed by atoms with E-state index in [0.29, 0.717) is 17.9 Å². The molecule has 0 aliphatic carbocycles. The Morgan fingerprint density at radius 3 is 3.06 bits per heavy atom. The summed E-state index contributed by atoms with van der Waals surface area (Å²) >= 11 is 0. The summed E-state index contributed by atoms with van der Waals surface area (Å²) in [4.78, 5) is 11.6. The van der Waals surface area contributed by atoms with Crippen molar-refractivity contribution < 1.29 is 9.53 Å². The van der Waals surface area contributed by atoms with Gasteiger partial charge in [0.15, 0.2) is 0 Å². The summed E-state index contributed by atoms with van der Waals surface area (Å²) in [5.41, 5.74) is 6.95. The zero-order valence-electron chi connectivity index (χ0n) is 10.3. The van der Waals surface area contributed by atoms with Gasteiger partial charge < -0.3 is 21.1 Å². The Bertz CT molecular complexity index is 403. The van der Waals surface area contributed by atoms with Crippen molar-refractivity contribution in [1.82, 2.24) is 5.32 Å². The molecule has 5 heteroatoms. The maximum Gasteiger partial charge on any atom is 0.319 e. The van der Waals surface area contributed by atoms with Crippen LogP contribution in [0.25, 0.3) is 0 Å². The van der Waals surface area contributed by atoms with Crippen molar-refractivity contribution in [3.8, 4) is 0 Å². The van der Waals surface area contributed by atoms with E-state index in [4.69, 9.17) is 10.5 Å². The highest BCUT2D eigenvalue weighted by Gasteiger charge is 2.14. The SMILES string of the molecule is Nc1cccc(NC(=O)NCC2CCCCO2)c1. The van der Waals surface area contributed by atoms with Crippen molar-refractivity contribution in [3.63, 3.8) is 0 Å². The minimum absolute atomic E-state index is 0.144. The van der Waals surface area contributed by atoms with Crippen LogP contribution in [-0.2, 0) is 4.74 Å². The fourth-order valence-electron chi connectivity index (χ4n) is 1.97. The van der Waals surface area contributed by atoms with Crippen LogP contribution in [0.3, 0.4) is 0 Å². The van der Waals surface area contributed by atoms with Gasteiger partial charge in [0, 0.05) is 24.5 Å². The fourth-order valence-corrected chi connectivity index (χ4v) is 1.97. The Morgan fingerprint density at radius 1 is 1.44 bits per heavy atom. The minimum atomic E-state index is -0.227. The zero-order chi connectivity index (χ0) is 12.8. The van der Waals surface area contributed by atoms with Crippen LogP contribution in [0, 0.1) is 0 Å². The molecule has 0 saturated carbocycles. The number of rotatable bonds is 3. The van der Waals surface area contributed by atoms with Crippen molar-refractivity contribution in [2.75, 3.05) is 24.2 Å². The second kappa shape index (κ2) is 6.26. The Morgan fingerprint density at radius 2 is 2.33 bits per heavy atom. The summed E-state index contributed by atoms with van der Waals surface area (Å²) in [5, 5.41) is 5.54. The molecule has 5 nitrogen and oxygen atoms in total. The average Bonchev–Trinajstić information content (AvgIpc) is 2.38. The molecule has 1 unspecified atom stereocenters. The zero-order valence-corrected chi connectivity index (χ0v) is 10.3. The molecule has 1 saturated heterocycles. The van der Waals surface area contributed by atoms with E-state index in [1.165, 1.54) is 6.42 Å². The molecule has 1 aliphatic rings. The molecule has 4 N–H and O–H groups in total. The molecular formula is C13H19N3O2. The number of carbonyl (C=O) groups excluding carboxylic acids is 1. The number of amides is 2. The van der Waals surface area contributed by atoms with E-state index in [1.54, 1.807) is 24.3 Å². The van der Waals surface area contributed by atoms with E-state index in [0.717, 1.165) is 19.4 Å². The summed E-state index contributed by atoms with van der Waals surface area (Å²) in [5.74, 6) is 0. The molecule has 1 atom stereocenters. The molecule has 2 rings (SSSR count). The highest BCUT2D eigenvalue weighted by molar-refractivity contribution is 5.89. The molecule has 1 aromatic rings. The Balaban J connectivity index is 1.74. The molecule has 0 radical (unpaired) electrons. The van der Waals surface area contributed by atoms with Crippen molar-refractivity contribution in [2.45, 2.75) is 25.4 Å². The van der Waals surface area contributed by atoms with Crippen LogP contribution in [0.2, 0.25) is 0 Å².